The van der Waals surface area contributed by atoms with Crippen LogP contribution in [0.2, 0.25) is 0 Å². The number of amides is 3. The Labute approximate surface area is 121 Å². The molecule has 1 aromatic heterocycles. The van der Waals surface area contributed by atoms with E-state index in [1.165, 1.54) is 16.2 Å². The largest absolute Gasteiger partial charge is 0.375 e. The van der Waals surface area contributed by atoms with Gasteiger partial charge in [0, 0.05) is 11.1 Å². The molecule has 1 aliphatic carbocycles. The molecule has 1 spiro atoms. The van der Waals surface area contributed by atoms with Crippen LogP contribution in [0.15, 0.2) is 6.20 Å². The molecule has 1 saturated heterocycles. The van der Waals surface area contributed by atoms with Crippen molar-refractivity contribution in [2.24, 2.45) is 5.92 Å². The molecule has 0 radical (unpaired) electrons. The average molecular weight is 294 g/mol. The molecule has 3 N–H and O–H groups in total. The lowest BCUT2D eigenvalue weighted by Crippen LogP contribution is -2.49. The van der Waals surface area contributed by atoms with Crippen LogP contribution in [0.4, 0.5) is 9.93 Å². The molecule has 3 amide bonds. The minimum atomic E-state index is -0.667. The molecule has 0 unspecified atom stereocenters. The van der Waals surface area contributed by atoms with Crippen molar-refractivity contribution >= 4 is 28.4 Å². The number of aromatic nitrogens is 1. The van der Waals surface area contributed by atoms with Crippen LogP contribution < -0.4 is 11.1 Å². The highest BCUT2D eigenvalue weighted by Crippen LogP contribution is 2.37. The first-order valence-electron chi connectivity index (χ1n) is 6.84. The molecule has 108 valence electrons. The van der Waals surface area contributed by atoms with E-state index in [2.05, 4.69) is 17.2 Å². The maximum absolute atomic E-state index is 12.6. The van der Waals surface area contributed by atoms with Crippen molar-refractivity contribution in [3.63, 3.8) is 0 Å². The number of hydrogen-bond acceptors (Lipinski definition) is 5. The number of carbonyl (C=O) groups is 2. The number of urea groups is 1. The van der Waals surface area contributed by atoms with E-state index in [0.29, 0.717) is 11.0 Å². The summed E-state index contributed by atoms with van der Waals surface area (Å²) in [5.74, 6) is 0.530. The lowest BCUT2D eigenvalue weighted by Gasteiger charge is -2.33. The summed E-state index contributed by atoms with van der Waals surface area (Å²) in [7, 11) is 0. The summed E-state index contributed by atoms with van der Waals surface area (Å²) >= 11 is 1.31. The Morgan fingerprint density at radius 2 is 2.20 bits per heavy atom. The van der Waals surface area contributed by atoms with Crippen LogP contribution in [0, 0.1) is 5.92 Å². The summed E-state index contributed by atoms with van der Waals surface area (Å²) in [5.41, 5.74) is 4.91. The van der Waals surface area contributed by atoms with Crippen LogP contribution in [-0.2, 0) is 11.3 Å². The maximum Gasteiger partial charge on any atom is 0.325 e. The number of carbonyl (C=O) groups excluding carboxylic acids is 2. The summed E-state index contributed by atoms with van der Waals surface area (Å²) in [4.78, 5) is 30.8. The van der Waals surface area contributed by atoms with E-state index in [1.54, 1.807) is 6.20 Å². The number of hydrogen-bond donors (Lipinski definition) is 2. The van der Waals surface area contributed by atoms with E-state index in [9.17, 15) is 9.59 Å². The second kappa shape index (κ2) is 4.73. The van der Waals surface area contributed by atoms with E-state index in [4.69, 9.17) is 5.73 Å². The van der Waals surface area contributed by atoms with Crippen LogP contribution in [0.1, 0.15) is 37.5 Å². The van der Waals surface area contributed by atoms with Crippen molar-refractivity contribution in [2.75, 3.05) is 5.73 Å². The number of nitrogen functional groups attached to an aromatic ring is 1. The van der Waals surface area contributed by atoms with Crippen LogP contribution in [0.3, 0.4) is 0 Å². The summed E-state index contributed by atoms with van der Waals surface area (Å²) < 4.78 is 0. The Kier molecular flexibility index (Phi) is 3.16. The quantitative estimate of drug-likeness (QED) is 0.813. The van der Waals surface area contributed by atoms with E-state index >= 15 is 0 Å². The van der Waals surface area contributed by atoms with Gasteiger partial charge in [0.1, 0.15) is 5.54 Å². The molecule has 2 aliphatic rings. The van der Waals surface area contributed by atoms with Crippen LogP contribution in [-0.4, -0.2) is 27.4 Å². The molecule has 0 bridgehead atoms. The normalized spacial score (nSPS) is 30.1. The third-order valence-corrected chi connectivity index (χ3v) is 5.07. The Balaban J connectivity index is 1.77. The van der Waals surface area contributed by atoms with Gasteiger partial charge in [0.15, 0.2) is 5.13 Å². The number of rotatable bonds is 2. The monoisotopic (exact) mass is 294 g/mol. The third-order valence-electron chi connectivity index (χ3n) is 4.26. The molecule has 1 aliphatic heterocycles. The molecule has 0 atom stereocenters. The molecule has 2 heterocycles. The first-order chi connectivity index (χ1) is 9.50. The minimum absolute atomic E-state index is 0.0960. The minimum Gasteiger partial charge on any atom is -0.375 e. The van der Waals surface area contributed by atoms with Gasteiger partial charge >= 0.3 is 6.03 Å². The molecular formula is C13H18N4O2S. The molecule has 3 rings (SSSR count). The Bertz CT molecular complexity index is 548. The Morgan fingerprint density at radius 1 is 1.50 bits per heavy atom. The van der Waals surface area contributed by atoms with Crippen molar-refractivity contribution in [2.45, 2.75) is 44.7 Å². The van der Waals surface area contributed by atoms with Gasteiger partial charge < -0.3 is 11.1 Å². The molecule has 1 aromatic rings. The summed E-state index contributed by atoms with van der Waals surface area (Å²) in [6.07, 6.45) is 5.05. The van der Waals surface area contributed by atoms with Crippen LogP contribution >= 0.6 is 11.3 Å². The third kappa shape index (κ3) is 2.15. The number of nitrogens with one attached hydrogen (secondary N) is 1. The Hall–Kier alpha value is -1.63. The molecule has 7 heteroatoms. The molecule has 1 saturated carbocycles. The summed E-state index contributed by atoms with van der Waals surface area (Å²) in [5, 5.41) is 3.36. The molecular weight excluding hydrogens is 276 g/mol. The average Bonchev–Trinajstić information content (AvgIpc) is 2.92. The zero-order valence-corrected chi connectivity index (χ0v) is 12.2. The maximum atomic E-state index is 12.6. The summed E-state index contributed by atoms with van der Waals surface area (Å²) in [6, 6.07) is -0.295. The lowest BCUT2D eigenvalue weighted by atomic mass is 9.77. The molecule has 2 fully saturated rings. The SMILES string of the molecule is CC1CCC2(CC1)NC(=O)N(Cc1cnc(N)s1)C2=O. The Morgan fingerprint density at radius 3 is 2.80 bits per heavy atom. The highest BCUT2D eigenvalue weighted by atomic mass is 32.1. The number of imide groups is 1. The highest BCUT2D eigenvalue weighted by molar-refractivity contribution is 7.15. The van der Waals surface area contributed by atoms with Crippen LogP contribution in [0.25, 0.3) is 0 Å². The van der Waals surface area contributed by atoms with E-state index < -0.39 is 5.54 Å². The van der Waals surface area contributed by atoms with Crippen molar-refractivity contribution in [1.82, 2.24) is 15.2 Å². The van der Waals surface area contributed by atoms with E-state index in [1.807, 2.05) is 0 Å². The lowest BCUT2D eigenvalue weighted by molar-refractivity contribution is -0.133. The highest BCUT2D eigenvalue weighted by Gasteiger charge is 2.51. The topological polar surface area (TPSA) is 88.3 Å². The van der Waals surface area contributed by atoms with E-state index in [-0.39, 0.29) is 18.5 Å². The standard InChI is InChI=1S/C13H18N4O2S/c1-8-2-4-13(5-3-8)10(18)17(12(19)16-13)7-9-6-15-11(14)20-9/h6,8H,2-5,7H2,1H3,(H2,14,15)(H,16,19). The smallest absolute Gasteiger partial charge is 0.325 e. The van der Waals surface area contributed by atoms with Crippen LogP contribution in [0.5, 0.6) is 0 Å². The van der Waals surface area contributed by atoms with Gasteiger partial charge in [0.05, 0.1) is 6.54 Å². The molecule has 0 aromatic carbocycles. The number of nitrogens with zero attached hydrogens (tertiary/aromatic N) is 2. The predicted molar refractivity (Wildman–Crippen MR) is 76.0 cm³/mol. The fourth-order valence-corrected chi connectivity index (χ4v) is 3.64. The van der Waals surface area contributed by atoms with Gasteiger partial charge in [-0.2, -0.15) is 0 Å². The number of nitrogens with two attached hydrogens (primary N) is 1. The molecule has 20 heavy (non-hydrogen) atoms. The van der Waals surface area contributed by atoms with E-state index in [0.717, 1.165) is 30.6 Å². The van der Waals surface area contributed by atoms with Gasteiger partial charge in [-0.25, -0.2) is 9.78 Å². The number of thiazole rings is 1. The summed E-state index contributed by atoms with van der Waals surface area (Å²) in [6.45, 7) is 2.45. The van der Waals surface area contributed by atoms with Gasteiger partial charge in [-0.15, -0.1) is 11.3 Å². The fourth-order valence-electron chi connectivity index (χ4n) is 2.97. The second-order valence-electron chi connectivity index (χ2n) is 5.75. The fraction of sp³-hybridized carbons (Fsp3) is 0.615. The second-order valence-corrected chi connectivity index (χ2v) is 6.90. The predicted octanol–water partition coefficient (Wildman–Crippen LogP) is 1.73. The zero-order chi connectivity index (χ0) is 14.3. The molecule has 6 nitrogen and oxygen atoms in total. The number of anilines is 1. The van der Waals surface area contributed by atoms with Crippen molar-refractivity contribution in [3.8, 4) is 0 Å². The zero-order valence-electron chi connectivity index (χ0n) is 11.4. The van der Waals surface area contributed by atoms with Gasteiger partial charge in [0.25, 0.3) is 5.91 Å². The van der Waals surface area contributed by atoms with Crippen molar-refractivity contribution < 1.29 is 9.59 Å². The van der Waals surface area contributed by atoms with Gasteiger partial charge in [-0.05, 0) is 31.6 Å². The van der Waals surface area contributed by atoms with Crippen molar-refractivity contribution in [3.05, 3.63) is 11.1 Å². The van der Waals surface area contributed by atoms with Gasteiger partial charge in [0.2, 0.25) is 0 Å². The first-order valence-corrected chi connectivity index (χ1v) is 7.66. The van der Waals surface area contributed by atoms with Gasteiger partial charge in [-0.3, -0.25) is 9.69 Å². The van der Waals surface area contributed by atoms with Gasteiger partial charge in [-0.1, -0.05) is 6.92 Å². The van der Waals surface area contributed by atoms with Crippen molar-refractivity contribution in [1.29, 1.82) is 0 Å². The first kappa shape index (κ1) is 13.4.